The number of Topliss-reactive ketones (excluding diaryl/α,β-unsaturated/α-hetero) is 1. The van der Waals surface area contributed by atoms with Crippen molar-refractivity contribution in [2.24, 2.45) is 10.2 Å². The van der Waals surface area contributed by atoms with Crippen molar-refractivity contribution in [3.63, 3.8) is 0 Å². The number of rotatable bonds is 3. The molecular weight excluding hydrogens is 244 g/mol. The van der Waals surface area contributed by atoms with E-state index in [1.54, 1.807) is 12.1 Å². The highest BCUT2D eigenvalue weighted by atomic mass is 16.3. The van der Waals surface area contributed by atoms with Gasteiger partial charge < -0.3 is 10.2 Å². The van der Waals surface area contributed by atoms with Crippen LogP contribution in [0.1, 0.15) is 17.3 Å². The van der Waals surface area contributed by atoms with Gasteiger partial charge in [0.2, 0.25) is 0 Å². The van der Waals surface area contributed by atoms with Gasteiger partial charge in [-0.15, -0.1) is 5.11 Å². The fourth-order valence-corrected chi connectivity index (χ4v) is 1.53. The average Bonchev–Trinajstić information content (AvgIpc) is 2.38. The van der Waals surface area contributed by atoms with E-state index in [0.29, 0.717) is 5.69 Å². The summed E-state index contributed by atoms with van der Waals surface area (Å²) >= 11 is 0. The van der Waals surface area contributed by atoms with E-state index in [2.05, 4.69) is 10.2 Å². The Bertz CT molecular complexity index is 637. The predicted octanol–water partition coefficient (Wildman–Crippen LogP) is 3.72. The lowest BCUT2D eigenvalue weighted by molar-refractivity contribution is 0.101. The first kappa shape index (κ1) is 12.8. The van der Waals surface area contributed by atoms with Crippen molar-refractivity contribution in [3.8, 4) is 11.5 Å². The van der Waals surface area contributed by atoms with E-state index < -0.39 is 0 Å². The first-order chi connectivity index (χ1) is 9.08. The van der Waals surface area contributed by atoms with Crippen LogP contribution in [0.15, 0.2) is 52.7 Å². The third kappa shape index (κ3) is 2.95. The quantitative estimate of drug-likeness (QED) is 0.648. The van der Waals surface area contributed by atoms with Crippen molar-refractivity contribution in [2.75, 3.05) is 0 Å². The lowest BCUT2D eigenvalue weighted by Gasteiger charge is -2.03. The summed E-state index contributed by atoms with van der Waals surface area (Å²) in [5, 5.41) is 27.0. The molecule has 2 aromatic rings. The Morgan fingerprint density at radius 3 is 2.32 bits per heavy atom. The van der Waals surface area contributed by atoms with Gasteiger partial charge in [0.1, 0.15) is 17.2 Å². The Hall–Kier alpha value is -2.69. The third-order valence-corrected chi connectivity index (χ3v) is 2.50. The molecule has 0 unspecified atom stereocenters. The van der Waals surface area contributed by atoms with Crippen molar-refractivity contribution in [1.29, 1.82) is 0 Å². The molecule has 2 rings (SSSR count). The maximum atomic E-state index is 11.3. The highest BCUT2D eigenvalue weighted by Gasteiger charge is 2.11. The molecule has 5 heteroatoms. The maximum absolute atomic E-state index is 11.3. The number of benzene rings is 2. The van der Waals surface area contributed by atoms with E-state index in [1.165, 1.54) is 13.0 Å². The molecule has 0 bridgehead atoms. The number of aromatic hydroxyl groups is 2. The Balaban J connectivity index is 2.38. The van der Waals surface area contributed by atoms with E-state index in [0.717, 1.165) is 6.07 Å². The van der Waals surface area contributed by atoms with Crippen LogP contribution in [0.25, 0.3) is 0 Å². The molecule has 2 aromatic carbocycles. The normalized spacial score (nSPS) is 10.8. The number of phenols is 2. The summed E-state index contributed by atoms with van der Waals surface area (Å²) in [4.78, 5) is 11.3. The Morgan fingerprint density at radius 1 is 1.00 bits per heavy atom. The summed E-state index contributed by atoms with van der Waals surface area (Å²) in [5.74, 6) is -0.820. The van der Waals surface area contributed by atoms with Crippen molar-refractivity contribution < 1.29 is 15.0 Å². The molecule has 0 saturated carbocycles. The lowest BCUT2D eigenvalue weighted by Crippen LogP contribution is -1.92. The van der Waals surface area contributed by atoms with Crippen LogP contribution in [0, 0.1) is 0 Å². The molecule has 0 aliphatic carbocycles. The SMILES string of the molecule is CC(=O)c1cc(N=Nc2ccccc2)c(O)cc1O. The van der Waals surface area contributed by atoms with Crippen LogP contribution in [0.3, 0.4) is 0 Å². The zero-order chi connectivity index (χ0) is 13.8. The molecule has 0 aliphatic heterocycles. The molecule has 0 heterocycles. The molecule has 5 nitrogen and oxygen atoms in total. The number of hydrogen-bond acceptors (Lipinski definition) is 5. The highest BCUT2D eigenvalue weighted by molar-refractivity contribution is 5.98. The van der Waals surface area contributed by atoms with Crippen LogP contribution in [0.2, 0.25) is 0 Å². The molecule has 19 heavy (non-hydrogen) atoms. The van der Waals surface area contributed by atoms with E-state index in [4.69, 9.17) is 0 Å². The van der Waals surface area contributed by atoms with E-state index >= 15 is 0 Å². The second-order valence-electron chi connectivity index (χ2n) is 3.95. The fraction of sp³-hybridized carbons (Fsp3) is 0.0714. The van der Waals surface area contributed by atoms with Crippen LogP contribution in [-0.4, -0.2) is 16.0 Å². The standard InChI is InChI=1S/C14H12N2O3/c1-9(17)11-7-12(14(19)8-13(11)18)16-15-10-5-3-2-4-6-10/h2-8,18-19H,1H3. The molecular formula is C14H12N2O3. The third-order valence-electron chi connectivity index (χ3n) is 2.50. The van der Waals surface area contributed by atoms with Crippen molar-refractivity contribution in [1.82, 2.24) is 0 Å². The average molecular weight is 256 g/mol. The Morgan fingerprint density at radius 2 is 1.68 bits per heavy atom. The van der Waals surface area contributed by atoms with Gasteiger partial charge in [0.05, 0.1) is 11.3 Å². The highest BCUT2D eigenvalue weighted by Crippen LogP contribution is 2.34. The zero-order valence-electron chi connectivity index (χ0n) is 10.2. The van der Waals surface area contributed by atoms with Gasteiger partial charge in [-0.1, -0.05) is 18.2 Å². The first-order valence-electron chi connectivity index (χ1n) is 5.61. The molecule has 96 valence electrons. The minimum Gasteiger partial charge on any atom is -0.507 e. The van der Waals surface area contributed by atoms with E-state index in [-0.39, 0.29) is 28.5 Å². The number of carbonyl (C=O) groups is 1. The van der Waals surface area contributed by atoms with Crippen LogP contribution < -0.4 is 0 Å². The molecule has 2 N–H and O–H groups in total. The van der Waals surface area contributed by atoms with Gasteiger partial charge in [-0.2, -0.15) is 5.11 Å². The lowest BCUT2D eigenvalue weighted by atomic mass is 10.1. The van der Waals surface area contributed by atoms with Crippen LogP contribution in [-0.2, 0) is 0 Å². The predicted molar refractivity (Wildman–Crippen MR) is 70.4 cm³/mol. The number of ketones is 1. The largest absolute Gasteiger partial charge is 0.507 e. The molecule has 0 saturated heterocycles. The molecule has 0 fully saturated rings. The van der Waals surface area contributed by atoms with Crippen LogP contribution in [0.4, 0.5) is 11.4 Å². The van der Waals surface area contributed by atoms with Crippen LogP contribution in [0.5, 0.6) is 11.5 Å². The monoisotopic (exact) mass is 256 g/mol. The molecule has 0 aromatic heterocycles. The first-order valence-corrected chi connectivity index (χ1v) is 5.61. The number of carbonyl (C=O) groups excluding carboxylic acids is 1. The number of nitrogens with zero attached hydrogens (tertiary/aromatic N) is 2. The minimum absolute atomic E-state index is 0.0970. The molecule has 0 radical (unpaired) electrons. The summed E-state index contributed by atoms with van der Waals surface area (Å²) in [6.45, 7) is 1.32. The molecule has 0 aliphatic rings. The molecule has 0 atom stereocenters. The van der Waals surface area contributed by atoms with Crippen molar-refractivity contribution in [3.05, 3.63) is 48.0 Å². The zero-order valence-corrected chi connectivity index (χ0v) is 10.2. The van der Waals surface area contributed by atoms with E-state index in [9.17, 15) is 15.0 Å². The fourth-order valence-electron chi connectivity index (χ4n) is 1.53. The summed E-state index contributed by atoms with van der Waals surface area (Å²) in [6.07, 6.45) is 0. The molecule has 0 amide bonds. The maximum Gasteiger partial charge on any atom is 0.163 e. The van der Waals surface area contributed by atoms with Gasteiger partial charge in [-0.05, 0) is 25.1 Å². The van der Waals surface area contributed by atoms with Crippen LogP contribution >= 0.6 is 0 Å². The number of phenolic OH excluding ortho intramolecular Hbond substituents is 2. The second kappa shape index (κ2) is 5.30. The summed E-state index contributed by atoms with van der Waals surface area (Å²) in [6, 6.07) is 11.4. The number of hydrogen-bond donors (Lipinski definition) is 2. The number of azo groups is 1. The second-order valence-corrected chi connectivity index (χ2v) is 3.95. The van der Waals surface area contributed by atoms with Gasteiger partial charge >= 0.3 is 0 Å². The van der Waals surface area contributed by atoms with Crippen molar-refractivity contribution >= 4 is 17.2 Å². The van der Waals surface area contributed by atoms with E-state index in [1.807, 2.05) is 18.2 Å². The van der Waals surface area contributed by atoms with Gasteiger partial charge in [0.15, 0.2) is 5.78 Å². The smallest absolute Gasteiger partial charge is 0.163 e. The summed E-state index contributed by atoms with van der Waals surface area (Å²) < 4.78 is 0. The summed E-state index contributed by atoms with van der Waals surface area (Å²) in [7, 11) is 0. The Kier molecular flexibility index (Phi) is 3.56. The summed E-state index contributed by atoms with van der Waals surface area (Å²) in [5.41, 5.74) is 0.853. The van der Waals surface area contributed by atoms with Gasteiger partial charge in [0.25, 0.3) is 0 Å². The van der Waals surface area contributed by atoms with Gasteiger partial charge in [0, 0.05) is 6.07 Å². The topological polar surface area (TPSA) is 82.2 Å². The van der Waals surface area contributed by atoms with Crippen molar-refractivity contribution in [2.45, 2.75) is 6.92 Å². The van der Waals surface area contributed by atoms with Gasteiger partial charge in [-0.3, -0.25) is 4.79 Å². The minimum atomic E-state index is -0.311. The Labute approximate surface area is 109 Å². The van der Waals surface area contributed by atoms with Gasteiger partial charge in [-0.25, -0.2) is 0 Å². The molecule has 0 spiro atoms.